The second-order valence-corrected chi connectivity index (χ2v) is 5.61. The Morgan fingerprint density at radius 1 is 1.35 bits per heavy atom. The lowest BCUT2D eigenvalue weighted by Gasteiger charge is -2.25. The zero-order valence-corrected chi connectivity index (χ0v) is 12.3. The molecule has 20 heavy (non-hydrogen) atoms. The molecule has 0 aromatic carbocycles. The number of rotatable bonds is 4. The average molecular weight is 276 g/mol. The van der Waals surface area contributed by atoms with Gasteiger partial charge in [0.15, 0.2) is 11.5 Å². The lowest BCUT2D eigenvalue weighted by atomic mass is 10.1. The van der Waals surface area contributed by atoms with Crippen LogP contribution >= 0.6 is 0 Å². The van der Waals surface area contributed by atoms with Crippen LogP contribution in [-0.2, 0) is 4.79 Å². The first kappa shape index (κ1) is 14.2. The van der Waals surface area contributed by atoms with Crippen molar-refractivity contribution in [1.29, 1.82) is 0 Å². The van der Waals surface area contributed by atoms with Gasteiger partial charge in [-0.3, -0.25) is 4.79 Å². The third-order valence-corrected chi connectivity index (χ3v) is 2.73. The van der Waals surface area contributed by atoms with E-state index in [9.17, 15) is 4.79 Å². The fraction of sp³-hybridized carbons (Fsp3) is 0.538. The van der Waals surface area contributed by atoms with Crippen LogP contribution in [0.5, 0.6) is 0 Å². The molecule has 0 spiro atoms. The summed E-state index contributed by atoms with van der Waals surface area (Å²) in [5.74, 6) is 0.657. The van der Waals surface area contributed by atoms with Crippen LogP contribution in [0, 0.1) is 0 Å². The summed E-state index contributed by atoms with van der Waals surface area (Å²) < 4.78 is 0. The number of aromatic amines is 1. The predicted molar refractivity (Wildman–Crippen MR) is 77.5 cm³/mol. The first-order valence-corrected chi connectivity index (χ1v) is 6.60. The molecule has 108 valence electrons. The molecule has 0 radical (unpaired) electrons. The lowest BCUT2D eigenvalue weighted by Crippen LogP contribution is -2.46. The van der Waals surface area contributed by atoms with Crippen molar-refractivity contribution in [3.63, 3.8) is 0 Å². The number of H-pyrrole nitrogens is 1. The molecule has 0 aliphatic heterocycles. The van der Waals surface area contributed by atoms with E-state index >= 15 is 0 Å². The first-order valence-electron chi connectivity index (χ1n) is 6.60. The van der Waals surface area contributed by atoms with E-state index < -0.39 is 0 Å². The molecule has 0 saturated heterocycles. The number of hydrogen-bond acceptors (Lipinski definition) is 5. The monoisotopic (exact) mass is 276 g/mol. The Balaban J connectivity index is 2.20. The summed E-state index contributed by atoms with van der Waals surface area (Å²) in [6.07, 6.45) is 3.04. The highest BCUT2D eigenvalue weighted by atomic mass is 16.2. The molecule has 2 rings (SSSR count). The van der Waals surface area contributed by atoms with Crippen LogP contribution < -0.4 is 10.2 Å². The van der Waals surface area contributed by atoms with E-state index in [1.165, 1.54) is 6.33 Å². The van der Waals surface area contributed by atoms with Crippen LogP contribution in [0.3, 0.4) is 0 Å². The summed E-state index contributed by atoms with van der Waals surface area (Å²) in [7, 11) is 0. The highest BCUT2D eigenvalue weighted by molar-refractivity contribution is 5.87. The third kappa shape index (κ3) is 3.23. The van der Waals surface area contributed by atoms with Crippen LogP contribution in [0.2, 0.25) is 0 Å². The van der Waals surface area contributed by atoms with Gasteiger partial charge < -0.3 is 15.2 Å². The molecule has 0 saturated carbocycles. The van der Waals surface area contributed by atoms with Crippen molar-refractivity contribution in [2.24, 2.45) is 0 Å². The number of carbonyl (C=O) groups is 1. The molecule has 0 aliphatic rings. The number of nitrogens with one attached hydrogen (secondary N) is 2. The predicted octanol–water partition coefficient (Wildman–Crippen LogP) is 1.09. The maximum absolute atomic E-state index is 12.1. The molecule has 0 unspecified atom stereocenters. The maximum atomic E-state index is 12.1. The fourth-order valence-corrected chi connectivity index (χ4v) is 1.96. The van der Waals surface area contributed by atoms with Crippen molar-refractivity contribution >= 4 is 22.9 Å². The molecular formula is C13H20N6O. The molecule has 0 atom stereocenters. The van der Waals surface area contributed by atoms with Gasteiger partial charge in [-0.1, -0.05) is 0 Å². The summed E-state index contributed by atoms with van der Waals surface area (Å²) in [6.45, 7) is 8.77. The van der Waals surface area contributed by atoms with Gasteiger partial charge in [-0.25, -0.2) is 15.0 Å². The average Bonchev–Trinajstić information content (AvgIpc) is 2.81. The van der Waals surface area contributed by atoms with E-state index in [2.05, 4.69) is 25.3 Å². The van der Waals surface area contributed by atoms with Crippen molar-refractivity contribution in [3.05, 3.63) is 12.7 Å². The van der Waals surface area contributed by atoms with Gasteiger partial charge in [0.05, 0.1) is 12.9 Å². The van der Waals surface area contributed by atoms with E-state index in [1.54, 1.807) is 6.33 Å². The van der Waals surface area contributed by atoms with Crippen LogP contribution in [0.15, 0.2) is 12.7 Å². The Hall–Kier alpha value is -2.18. The maximum Gasteiger partial charge on any atom is 0.239 e. The number of nitrogens with zero attached hydrogens (tertiary/aromatic N) is 4. The third-order valence-electron chi connectivity index (χ3n) is 2.73. The number of fused-ring (bicyclic) bond motifs is 1. The zero-order valence-electron chi connectivity index (χ0n) is 12.3. The van der Waals surface area contributed by atoms with E-state index in [0.29, 0.717) is 18.0 Å². The topological polar surface area (TPSA) is 86.8 Å². The summed E-state index contributed by atoms with van der Waals surface area (Å²) in [5, 5.41) is 2.95. The molecule has 2 aromatic heterocycles. The molecule has 2 N–H and O–H groups in total. The number of carbonyl (C=O) groups excluding carboxylic acids is 1. The Morgan fingerprint density at radius 3 is 2.75 bits per heavy atom. The number of anilines is 1. The van der Waals surface area contributed by atoms with Gasteiger partial charge in [0.2, 0.25) is 5.91 Å². The number of likely N-dealkylation sites (N-methyl/N-ethyl adjacent to an activating group) is 1. The van der Waals surface area contributed by atoms with Gasteiger partial charge >= 0.3 is 0 Å². The second kappa shape index (κ2) is 5.44. The van der Waals surface area contributed by atoms with E-state index in [4.69, 9.17) is 0 Å². The molecule has 7 heteroatoms. The Bertz CT molecular complexity index is 600. The van der Waals surface area contributed by atoms with Crippen LogP contribution in [0.1, 0.15) is 27.7 Å². The fourth-order valence-electron chi connectivity index (χ4n) is 1.96. The van der Waals surface area contributed by atoms with Crippen molar-refractivity contribution in [2.75, 3.05) is 18.0 Å². The molecule has 1 amide bonds. The number of aromatic nitrogens is 4. The van der Waals surface area contributed by atoms with Gasteiger partial charge in [0, 0.05) is 12.1 Å². The highest BCUT2D eigenvalue weighted by Gasteiger charge is 2.19. The molecule has 2 heterocycles. The smallest absolute Gasteiger partial charge is 0.239 e. The quantitative estimate of drug-likeness (QED) is 0.873. The standard InChI is InChI=1S/C13H20N6O/c1-5-19(6-9(20)18-13(2,3)4)12-10-11(15-7-14-10)16-8-17-12/h7-8H,5-6H2,1-4H3,(H,18,20)(H,14,15,16,17). The Labute approximate surface area is 117 Å². The van der Waals surface area contributed by atoms with Gasteiger partial charge in [-0.15, -0.1) is 0 Å². The number of amides is 1. The van der Waals surface area contributed by atoms with Crippen molar-refractivity contribution in [2.45, 2.75) is 33.2 Å². The van der Waals surface area contributed by atoms with Crippen LogP contribution in [0.4, 0.5) is 5.82 Å². The normalized spacial score (nSPS) is 11.6. The van der Waals surface area contributed by atoms with Gasteiger partial charge in [0.1, 0.15) is 11.8 Å². The summed E-state index contributed by atoms with van der Waals surface area (Å²) >= 11 is 0. The van der Waals surface area contributed by atoms with E-state index in [1.807, 2.05) is 32.6 Å². The summed E-state index contributed by atoms with van der Waals surface area (Å²) in [6, 6.07) is 0. The van der Waals surface area contributed by atoms with E-state index in [0.717, 1.165) is 5.52 Å². The minimum absolute atomic E-state index is 0.0365. The molecular weight excluding hydrogens is 256 g/mol. The summed E-state index contributed by atoms with van der Waals surface area (Å²) in [4.78, 5) is 29.4. The molecule has 0 fully saturated rings. The molecule has 2 aromatic rings. The van der Waals surface area contributed by atoms with Crippen LogP contribution in [0.25, 0.3) is 11.2 Å². The highest BCUT2D eigenvalue weighted by Crippen LogP contribution is 2.19. The Morgan fingerprint density at radius 2 is 2.10 bits per heavy atom. The first-order chi connectivity index (χ1) is 9.40. The van der Waals surface area contributed by atoms with Gasteiger partial charge in [-0.2, -0.15) is 0 Å². The van der Waals surface area contributed by atoms with Crippen molar-refractivity contribution < 1.29 is 4.79 Å². The lowest BCUT2D eigenvalue weighted by molar-refractivity contribution is -0.121. The SMILES string of the molecule is CCN(CC(=O)NC(C)(C)C)c1ncnc2nc[nH]c12. The zero-order chi connectivity index (χ0) is 14.8. The minimum Gasteiger partial charge on any atom is -0.350 e. The molecule has 7 nitrogen and oxygen atoms in total. The molecule has 0 bridgehead atoms. The Kier molecular flexibility index (Phi) is 3.87. The van der Waals surface area contributed by atoms with Crippen molar-refractivity contribution in [1.82, 2.24) is 25.3 Å². The van der Waals surface area contributed by atoms with Crippen LogP contribution in [-0.4, -0.2) is 44.5 Å². The molecule has 0 aliphatic carbocycles. The van der Waals surface area contributed by atoms with E-state index in [-0.39, 0.29) is 18.0 Å². The number of imidazole rings is 1. The minimum atomic E-state index is -0.245. The van der Waals surface area contributed by atoms with Gasteiger partial charge in [-0.05, 0) is 27.7 Å². The number of hydrogen-bond donors (Lipinski definition) is 2. The largest absolute Gasteiger partial charge is 0.350 e. The van der Waals surface area contributed by atoms with Gasteiger partial charge in [0.25, 0.3) is 0 Å². The summed E-state index contributed by atoms with van der Waals surface area (Å²) in [5.41, 5.74) is 1.11. The second-order valence-electron chi connectivity index (χ2n) is 5.61. The van der Waals surface area contributed by atoms with Crippen molar-refractivity contribution in [3.8, 4) is 0 Å².